The van der Waals surface area contributed by atoms with Gasteiger partial charge in [-0.25, -0.2) is 4.79 Å². The fraction of sp³-hybridized carbons (Fsp3) is 0.619. The van der Waals surface area contributed by atoms with E-state index in [4.69, 9.17) is 4.74 Å². The summed E-state index contributed by atoms with van der Waals surface area (Å²) < 4.78 is 10.1. The number of hydrogen-bond acceptors (Lipinski definition) is 6. The smallest absolute Gasteiger partial charge is 0.331 e. The van der Waals surface area contributed by atoms with Crippen LogP contribution in [0.4, 0.5) is 0 Å². The van der Waals surface area contributed by atoms with E-state index in [9.17, 15) is 4.79 Å². The highest BCUT2D eigenvalue weighted by Crippen LogP contribution is 2.51. The van der Waals surface area contributed by atoms with Gasteiger partial charge >= 0.3 is 5.97 Å². The average Bonchev–Trinajstić information content (AvgIpc) is 2.85. The molecule has 6 nitrogen and oxygen atoms in total. The highest BCUT2D eigenvalue weighted by molar-refractivity contribution is 5.70. The first-order valence-corrected chi connectivity index (χ1v) is 9.88. The van der Waals surface area contributed by atoms with Gasteiger partial charge in [0.1, 0.15) is 6.61 Å². The zero-order chi connectivity index (χ0) is 18.7. The molecule has 146 valence electrons. The Labute approximate surface area is 161 Å². The molecular formula is C21H29N3O3. The Bertz CT molecular complexity index is 686. The lowest BCUT2D eigenvalue weighted by Crippen LogP contribution is -2.69. The molecule has 3 heterocycles. The first kappa shape index (κ1) is 18.6. The molecule has 0 amide bonds. The maximum absolute atomic E-state index is 11.2. The summed E-state index contributed by atoms with van der Waals surface area (Å²) in [5, 5.41) is 3.94. The summed E-state index contributed by atoms with van der Waals surface area (Å²) in [5.74, 6) is -0.325. The summed E-state index contributed by atoms with van der Waals surface area (Å²) in [6, 6.07) is 0.762. The Kier molecular flexibility index (Phi) is 5.30. The first-order valence-electron chi connectivity index (χ1n) is 9.88. The number of nitrogens with one attached hydrogen (secondary N) is 1. The Morgan fingerprint density at radius 2 is 2.19 bits per heavy atom. The van der Waals surface area contributed by atoms with Crippen molar-refractivity contribution in [3.05, 3.63) is 36.5 Å². The molecule has 0 aromatic rings. The molecule has 4 atom stereocenters. The second-order valence-electron chi connectivity index (χ2n) is 7.84. The lowest BCUT2D eigenvalue weighted by Gasteiger charge is -2.58. The van der Waals surface area contributed by atoms with Crippen LogP contribution in [-0.4, -0.2) is 74.7 Å². The van der Waals surface area contributed by atoms with Crippen LogP contribution < -0.4 is 5.32 Å². The summed E-state index contributed by atoms with van der Waals surface area (Å²) in [7, 11) is 1.38. The summed E-state index contributed by atoms with van der Waals surface area (Å²) in [6.07, 6.45) is 18.9. The van der Waals surface area contributed by atoms with Crippen LogP contribution in [0.3, 0.4) is 0 Å². The number of methoxy groups -OCH3 is 1. The molecule has 27 heavy (non-hydrogen) atoms. The van der Waals surface area contributed by atoms with Gasteiger partial charge in [0.15, 0.2) is 0 Å². The van der Waals surface area contributed by atoms with Crippen molar-refractivity contribution in [1.29, 1.82) is 0 Å². The molecule has 1 saturated heterocycles. The lowest BCUT2D eigenvalue weighted by atomic mass is 9.57. The number of aliphatic imine (C=N–C) groups is 1. The van der Waals surface area contributed by atoms with Crippen molar-refractivity contribution in [2.75, 3.05) is 40.0 Å². The normalized spacial score (nSPS) is 37.2. The van der Waals surface area contributed by atoms with Crippen LogP contribution in [0.15, 0.2) is 41.4 Å². The van der Waals surface area contributed by atoms with Gasteiger partial charge in [-0.05, 0) is 19.3 Å². The van der Waals surface area contributed by atoms with Crippen molar-refractivity contribution in [3.8, 4) is 0 Å². The molecule has 4 aliphatic rings. The van der Waals surface area contributed by atoms with E-state index in [1.807, 2.05) is 6.21 Å². The van der Waals surface area contributed by atoms with Gasteiger partial charge in [-0.15, -0.1) is 0 Å². The van der Waals surface area contributed by atoms with Crippen molar-refractivity contribution in [3.63, 3.8) is 0 Å². The number of ether oxygens (including phenoxy) is 2. The number of carbonyl (C=O) groups excluding carboxylic acids is 1. The minimum Gasteiger partial charge on any atom is -0.467 e. The zero-order valence-electron chi connectivity index (χ0n) is 16.0. The predicted molar refractivity (Wildman–Crippen MR) is 105 cm³/mol. The fourth-order valence-electron chi connectivity index (χ4n) is 5.14. The summed E-state index contributed by atoms with van der Waals surface area (Å²) in [4.78, 5) is 18.4. The second kappa shape index (κ2) is 7.70. The van der Waals surface area contributed by atoms with Gasteiger partial charge in [-0.3, -0.25) is 9.89 Å². The van der Waals surface area contributed by atoms with Gasteiger partial charge in [-0.1, -0.05) is 36.5 Å². The maximum atomic E-state index is 11.2. The molecule has 1 fully saturated rings. The number of nitrogens with zero attached hydrogens (tertiary/aromatic N) is 2. The first-order chi connectivity index (χ1) is 13.2. The number of hydrogen-bond donors (Lipinski definition) is 1. The largest absolute Gasteiger partial charge is 0.467 e. The summed E-state index contributed by atoms with van der Waals surface area (Å²) in [5.41, 5.74) is -0.158. The van der Waals surface area contributed by atoms with E-state index < -0.39 is 0 Å². The molecule has 0 aromatic heterocycles. The number of esters is 1. The number of carbonyl (C=O) groups is 1. The second-order valence-corrected chi connectivity index (χ2v) is 7.84. The van der Waals surface area contributed by atoms with Crippen molar-refractivity contribution in [2.45, 2.75) is 36.9 Å². The highest BCUT2D eigenvalue weighted by Gasteiger charge is 2.57. The average molecular weight is 371 g/mol. The van der Waals surface area contributed by atoms with Crippen LogP contribution in [0.1, 0.15) is 19.3 Å². The molecule has 4 rings (SSSR count). The molecular weight excluding hydrogens is 342 g/mol. The third kappa shape index (κ3) is 3.30. The number of piperidine rings is 1. The number of rotatable bonds is 5. The van der Waals surface area contributed by atoms with Crippen LogP contribution in [0, 0.1) is 5.41 Å². The molecule has 0 radical (unpaired) electrons. The third-order valence-corrected chi connectivity index (χ3v) is 6.52. The quantitative estimate of drug-likeness (QED) is 0.451. The van der Waals surface area contributed by atoms with Gasteiger partial charge in [0, 0.05) is 43.4 Å². The van der Waals surface area contributed by atoms with Gasteiger partial charge in [0.2, 0.25) is 0 Å². The molecule has 6 heteroatoms. The minimum absolute atomic E-state index is 0.0237. The van der Waals surface area contributed by atoms with E-state index in [1.54, 1.807) is 0 Å². The molecule has 0 saturated carbocycles. The third-order valence-electron chi connectivity index (χ3n) is 6.52. The predicted octanol–water partition coefficient (Wildman–Crippen LogP) is 1.49. The molecule has 0 aromatic carbocycles. The van der Waals surface area contributed by atoms with E-state index in [0.717, 1.165) is 38.9 Å². The van der Waals surface area contributed by atoms with Gasteiger partial charge < -0.3 is 14.8 Å². The van der Waals surface area contributed by atoms with Crippen molar-refractivity contribution in [1.82, 2.24) is 10.2 Å². The fourth-order valence-corrected chi connectivity index (χ4v) is 5.14. The zero-order valence-corrected chi connectivity index (χ0v) is 16.0. The van der Waals surface area contributed by atoms with Gasteiger partial charge in [-0.2, -0.15) is 0 Å². The molecule has 4 unspecified atom stereocenters. The molecule has 1 aliphatic carbocycles. The maximum Gasteiger partial charge on any atom is 0.331 e. The van der Waals surface area contributed by atoms with Crippen LogP contribution in [-0.2, 0) is 14.3 Å². The molecule has 1 N–H and O–H groups in total. The standard InChI is InChI=1S/C21H29N3O3/c1-26-19(25)16-27-14-6-17-5-10-20-7-2-3-8-21(20,23-17)9-4-12-24-13-11-22-15-18(20)24/h2-4,7-9,11,17-18,23H,5-6,10,12-16H2,1H3. The molecule has 0 bridgehead atoms. The van der Waals surface area contributed by atoms with E-state index in [2.05, 4.69) is 56.4 Å². The van der Waals surface area contributed by atoms with Crippen molar-refractivity contribution >= 4 is 12.2 Å². The number of allylic oxidation sites excluding steroid dienone is 2. The minimum atomic E-state index is -0.325. The summed E-state index contributed by atoms with van der Waals surface area (Å²) in [6.45, 7) is 3.33. The Morgan fingerprint density at radius 3 is 3.07 bits per heavy atom. The van der Waals surface area contributed by atoms with Gasteiger partial charge in [0.25, 0.3) is 0 Å². The molecule has 0 spiro atoms. The van der Waals surface area contributed by atoms with Crippen molar-refractivity contribution < 1.29 is 14.3 Å². The SMILES string of the molecule is COC(=O)COCCC1CCC23C=CC=CC2(C=CCN2CC=NCC23)N1. The summed E-state index contributed by atoms with van der Waals surface area (Å²) >= 11 is 0. The molecule has 3 aliphatic heterocycles. The Morgan fingerprint density at radius 1 is 1.30 bits per heavy atom. The van der Waals surface area contributed by atoms with E-state index in [1.165, 1.54) is 7.11 Å². The van der Waals surface area contributed by atoms with Crippen molar-refractivity contribution in [2.24, 2.45) is 10.4 Å². The monoisotopic (exact) mass is 371 g/mol. The van der Waals surface area contributed by atoms with Crippen LogP contribution in [0.5, 0.6) is 0 Å². The topological polar surface area (TPSA) is 63.2 Å². The van der Waals surface area contributed by atoms with Crippen LogP contribution in [0.25, 0.3) is 0 Å². The van der Waals surface area contributed by atoms with E-state index in [-0.39, 0.29) is 23.5 Å². The van der Waals surface area contributed by atoms with E-state index >= 15 is 0 Å². The van der Waals surface area contributed by atoms with Crippen LogP contribution >= 0.6 is 0 Å². The van der Waals surface area contributed by atoms with Gasteiger partial charge in [0.05, 0.1) is 19.2 Å². The Hall–Kier alpha value is -1.76. The lowest BCUT2D eigenvalue weighted by molar-refractivity contribution is -0.146. The highest BCUT2D eigenvalue weighted by atomic mass is 16.6. The Balaban J connectivity index is 1.50. The van der Waals surface area contributed by atoms with Crippen LogP contribution in [0.2, 0.25) is 0 Å². The number of fused-ring (bicyclic) bond motifs is 1. The van der Waals surface area contributed by atoms with E-state index in [0.29, 0.717) is 18.7 Å².